The van der Waals surface area contributed by atoms with Crippen molar-refractivity contribution in [3.63, 3.8) is 0 Å². The van der Waals surface area contributed by atoms with Gasteiger partial charge in [-0.2, -0.15) is 4.31 Å². The van der Waals surface area contributed by atoms with Crippen molar-refractivity contribution in [2.75, 3.05) is 32.9 Å². The highest BCUT2D eigenvalue weighted by molar-refractivity contribution is 7.89. The maximum atomic E-state index is 12.9. The van der Waals surface area contributed by atoms with Gasteiger partial charge in [0.1, 0.15) is 0 Å². The molecular weight excluding hydrogens is 286 g/mol. The Morgan fingerprint density at radius 1 is 1.33 bits per heavy atom. The molecular formula is C15H25N3O2S. The van der Waals surface area contributed by atoms with Crippen LogP contribution in [0.1, 0.15) is 25.3 Å². The number of sulfonamides is 1. The summed E-state index contributed by atoms with van der Waals surface area (Å²) in [6, 6.07) is 5.22. The highest BCUT2D eigenvalue weighted by Gasteiger charge is 2.31. The molecule has 118 valence electrons. The molecule has 0 aromatic heterocycles. The predicted octanol–water partition coefficient (Wildman–Crippen LogP) is 1.55. The molecule has 0 spiro atoms. The van der Waals surface area contributed by atoms with Gasteiger partial charge in [0.2, 0.25) is 10.0 Å². The Kier molecular flexibility index (Phi) is 4.91. The molecule has 0 amide bonds. The minimum atomic E-state index is -3.49. The van der Waals surface area contributed by atoms with Crippen LogP contribution in [0.25, 0.3) is 0 Å². The van der Waals surface area contributed by atoms with E-state index < -0.39 is 10.0 Å². The van der Waals surface area contributed by atoms with E-state index in [4.69, 9.17) is 5.73 Å². The third-order valence-electron chi connectivity index (χ3n) is 4.33. The lowest BCUT2D eigenvalue weighted by atomic mass is 10.1. The summed E-state index contributed by atoms with van der Waals surface area (Å²) in [5, 5.41) is 0. The molecule has 6 heteroatoms. The molecule has 0 atom stereocenters. The second-order valence-corrected chi connectivity index (χ2v) is 7.74. The summed E-state index contributed by atoms with van der Waals surface area (Å²) in [5.74, 6) is 0. The number of hydrogen-bond acceptors (Lipinski definition) is 4. The Labute approximate surface area is 127 Å². The molecule has 0 bridgehead atoms. The van der Waals surface area contributed by atoms with Crippen LogP contribution < -0.4 is 5.73 Å². The fraction of sp³-hybridized carbons (Fsp3) is 0.600. The van der Waals surface area contributed by atoms with E-state index in [-0.39, 0.29) is 6.04 Å². The van der Waals surface area contributed by atoms with Crippen molar-refractivity contribution in [3.8, 4) is 0 Å². The molecule has 0 saturated carbocycles. The summed E-state index contributed by atoms with van der Waals surface area (Å²) < 4.78 is 27.3. The van der Waals surface area contributed by atoms with E-state index in [0.29, 0.717) is 17.0 Å². The molecule has 0 radical (unpaired) electrons. The monoisotopic (exact) mass is 311 g/mol. The van der Waals surface area contributed by atoms with Gasteiger partial charge in [-0.25, -0.2) is 8.42 Å². The van der Waals surface area contributed by atoms with Crippen molar-refractivity contribution in [1.29, 1.82) is 0 Å². The van der Waals surface area contributed by atoms with Gasteiger partial charge in [-0.1, -0.05) is 13.0 Å². The van der Waals surface area contributed by atoms with Gasteiger partial charge in [0.05, 0.1) is 4.90 Å². The second-order valence-electron chi connectivity index (χ2n) is 5.78. The van der Waals surface area contributed by atoms with Gasteiger partial charge in [0.25, 0.3) is 0 Å². The number of benzene rings is 1. The van der Waals surface area contributed by atoms with Gasteiger partial charge in [-0.05, 0) is 57.1 Å². The molecule has 5 nitrogen and oxygen atoms in total. The van der Waals surface area contributed by atoms with Gasteiger partial charge in [-0.3, -0.25) is 0 Å². The van der Waals surface area contributed by atoms with Crippen LogP contribution in [0.15, 0.2) is 23.1 Å². The number of nitrogens with two attached hydrogens (primary N) is 1. The van der Waals surface area contributed by atoms with E-state index in [1.54, 1.807) is 19.2 Å². The first-order valence-electron chi connectivity index (χ1n) is 7.41. The van der Waals surface area contributed by atoms with E-state index in [2.05, 4.69) is 11.9 Å². The van der Waals surface area contributed by atoms with Crippen molar-refractivity contribution in [3.05, 3.63) is 23.8 Å². The van der Waals surface area contributed by atoms with Crippen LogP contribution in [-0.2, 0) is 16.4 Å². The summed E-state index contributed by atoms with van der Waals surface area (Å²) in [5.41, 5.74) is 7.10. The standard InChI is InChI=1S/C15H25N3O2S/c1-4-12-5-6-13(16)11-15(12)21(19,20)18(3)14-7-9-17(2)10-8-14/h5-6,11,14H,4,7-10,16H2,1-3H3. The summed E-state index contributed by atoms with van der Waals surface area (Å²) in [6.45, 7) is 3.82. The number of likely N-dealkylation sites (tertiary alicyclic amines) is 1. The molecule has 1 saturated heterocycles. The van der Waals surface area contributed by atoms with Crippen LogP contribution in [0.3, 0.4) is 0 Å². The number of piperidine rings is 1. The van der Waals surface area contributed by atoms with Crippen molar-refractivity contribution in [1.82, 2.24) is 9.21 Å². The highest BCUT2D eigenvalue weighted by Crippen LogP contribution is 2.26. The zero-order valence-electron chi connectivity index (χ0n) is 13.0. The topological polar surface area (TPSA) is 66.6 Å². The maximum Gasteiger partial charge on any atom is 0.243 e. The van der Waals surface area contributed by atoms with E-state index >= 15 is 0 Å². The van der Waals surface area contributed by atoms with Gasteiger partial charge in [0.15, 0.2) is 0 Å². The number of nitrogens with zero attached hydrogens (tertiary/aromatic N) is 2. The molecule has 1 aliphatic heterocycles. The van der Waals surface area contributed by atoms with Gasteiger partial charge in [-0.15, -0.1) is 0 Å². The summed E-state index contributed by atoms with van der Waals surface area (Å²) in [4.78, 5) is 2.58. The first-order valence-corrected chi connectivity index (χ1v) is 8.85. The number of anilines is 1. The minimum Gasteiger partial charge on any atom is -0.399 e. The third-order valence-corrected chi connectivity index (χ3v) is 6.32. The van der Waals surface area contributed by atoms with Crippen molar-refractivity contribution in [2.24, 2.45) is 0 Å². The molecule has 0 unspecified atom stereocenters. The summed E-state index contributed by atoms with van der Waals surface area (Å²) in [7, 11) is 0.269. The highest BCUT2D eigenvalue weighted by atomic mass is 32.2. The lowest BCUT2D eigenvalue weighted by molar-refractivity contribution is 0.197. The maximum absolute atomic E-state index is 12.9. The van der Waals surface area contributed by atoms with E-state index in [1.807, 2.05) is 13.0 Å². The average molecular weight is 311 g/mol. The first kappa shape index (κ1) is 16.3. The summed E-state index contributed by atoms with van der Waals surface area (Å²) >= 11 is 0. The second kappa shape index (κ2) is 6.34. The Balaban J connectivity index is 2.31. The number of hydrogen-bond donors (Lipinski definition) is 1. The fourth-order valence-electron chi connectivity index (χ4n) is 2.81. The van der Waals surface area contributed by atoms with Crippen molar-refractivity contribution >= 4 is 15.7 Å². The largest absolute Gasteiger partial charge is 0.399 e. The fourth-order valence-corrected chi connectivity index (χ4v) is 4.56. The van der Waals surface area contributed by atoms with Gasteiger partial charge >= 0.3 is 0 Å². The quantitative estimate of drug-likeness (QED) is 0.857. The Morgan fingerprint density at radius 2 is 1.95 bits per heavy atom. The number of rotatable bonds is 4. The SMILES string of the molecule is CCc1ccc(N)cc1S(=O)(=O)N(C)C1CCN(C)CC1. The molecule has 1 aliphatic rings. The Morgan fingerprint density at radius 3 is 2.52 bits per heavy atom. The Hall–Kier alpha value is -1.11. The predicted molar refractivity (Wildman–Crippen MR) is 85.7 cm³/mol. The lowest BCUT2D eigenvalue weighted by Gasteiger charge is -2.34. The van der Waals surface area contributed by atoms with Crippen LogP contribution in [0.5, 0.6) is 0 Å². The molecule has 2 rings (SSSR count). The minimum absolute atomic E-state index is 0.0670. The van der Waals surface area contributed by atoms with Crippen LogP contribution in [0, 0.1) is 0 Å². The zero-order chi connectivity index (χ0) is 15.6. The molecule has 1 aromatic rings. The summed E-state index contributed by atoms with van der Waals surface area (Å²) in [6.07, 6.45) is 2.42. The molecule has 2 N–H and O–H groups in total. The van der Waals surface area contributed by atoms with Gasteiger partial charge in [0, 0.05) is 18.8 Å². The van der Waals surface area contributed by atoms with Crippen LogP contribution >= 0.6 is 0 Å². The normalized spacial score (nSPS) is 18.3. The van der Waals surface area contributed by atoms with Crippen LogP contribution in [0.2, 0.25) is 0 Å². The first-order chi connectivity index (χ1) is 9.86. The molecule has 21 heavy (non-hydrogen) atoms. The van der Waals surface area contributed by atoms with Crippen LogP contribution in [0.4, 0.5) is 5.69 Å². The van der Waals surface area contributed by atoms with Gasteiger partial charge < -0.3 is 10.6 Å². The van der Waals surface area contributed by atoms with Crippen molar-refractivity contribution < 1.29 is 8.42 Å². The molecule has 1 aromatic carbocycles. The third kappa shape index (κ3) is 3.39. The van der Waals surface area contributed by atoms with E-state index in [9.17, 15) is 8.42 Å². The van der Waals surface area contributed by atoms with E-state index in [0.717, 1.165) is 31.5 Å². The number of nitrogen functional groups attached to an aromatic ring is 1. The van der Waals surface area contributed by atoms with Crippen molar-refractivity contribution in [2.45, 2.75) is 37.1 Å². The molecule has 1 heterocycles. The van der Waals surface area contributed by atoms with E-state index in [1.165, 1.54) is 4.31 Å². The molecule has 0 aliphatic carbocycles. The lowest BCUT2D eigenvalue weighted by Crippen LogP contribution is -2.44. The Bertz CT molecular complexity index is 593. The molecule has 1 fully saturated rings. The van der Waals surface area contributed by atoms with Crippen LogP contribution in [-0.4, -0.2) is 50.8 Å². The average Bonchev–Trinajstić information content (AvgIpc) is 2.47. The smallest absolute Gasteiger partial charge is 0.243 e. The number of aryl methyl sites for hydroxylation is 1. The zero-order valence-corrected chi connectivity index (χ0v) is 13.9.